The Morgan fingerprint density at radius 3 is 2.35 bits per heavy atom. The maximum absolute atomic E-state index is 5.90. The zero-order chi connectivity index (χ0) is 12.4. The van der Waals surface area contributed by atoms with Crippen LogP contribution in [0.2, 0.25) is 0 Å². The van der Waals surface area contributed by atoms with E-state index >= 15 is 0 Å². The Hall–Kier alpha value is -1.81. The van der Waals surface area contributed by atoms with Crippen LogP contribution < -0.4 is 17.2 Å². The molecule has 0 fully saturated rings. The molecule has 2 aromatic rings. The molecule has 0 unspecified atom stereocenters. The van der Waals surface area contributed by atoms with Crippen LogP contribution in [0.4, 0.5) is 17.1 Å². The molecule has 0 radical (unpaired) electrons. The normalized spacial score (nSPS) is 10.4. The van der Waals surface area contributed by atoms with E-state index in [0.29, 0.717) is 5.69 Å². The highest BCUT2D eigenvalue weighted by molar-refractivity contribution is 7.99. The van der Waals surface area contributed by atoms with Crippen LogP contribution in [0.5, 0.6) is 0 Å². The van der Waals surface area contributed by atoms with Crippen molar-refractivity contribution in [2.75, 3.05) is 17.2 Å². The monoisotopic (exact) mass is 245 g/mol. The molecule has 0 saturated heterocycles. The van der Waals surface area contributed by atoms with Gasteiger partial charge in [0.1, 0.15) is 0 Å². The molecule has 0 heterocycles. The second kappa shape index (κ2) is 4.59. The van der Waals surface area contributed by atoms with Crippen molar-refractivity contribution in [2.45, 2.75) is 16.7 Å². The Balaban J connectivity index is 2.31. The summed E-state index contributed by atoms with van der Waals surface area (Å²) in [5, 5.41) is 0. The lowest BCUT2D eigenvalue weighted by Gasteiger charge is -2.08. The Labute approximate surface area is 105 Å². The van der Waals surface area contributed by atoms with Gasteiger partial charge in [-0.1, -0.05) is 17.8 Å². The van der Waals surface area contributed by atoms with Gasteiger partial charge in [0.2, 0.25) is 0 Å². The standard InChI is InChI=1S/C13H15N3S/c1-8-2-4-10(7-12(8)16)17-13-6-9(14)3-5-11(13)15/h2-7H,14-16H2,1H3. The van der Waals surface area contributed by atoms with Crippen LogP contribution in [0, 0.1) is 6.92 Å². The van der Waals surface area contributed by atoms with Crippen LogP contribution in [0.15, 0.2) is 46.2 Å². The van der Waals surface area contributed by atoms with E-state index in [1.165, 1.54) is 0 Å². The molecule has 0 aliphatic heterocycles. The van der Waals surface area contributed by atoms with Crippen LogP contribution >= 0.6 is 11.8 Å². The molecular weight excluding hydrogens is 230 g/mol. The molecule has 4 heteroatoms. The van der Waals surface area contributed by atoms with Crippen molar-refractivity contribution >= 4 is 28.8 Å². The van der Waals surface area contributed by atoms with Crippen molar-refractivity contribution in [3.05, 3.63) is 42.0 Å². The number of hydrogen-bond acceptors (Lipinski definition) is 4. The molecule has 6 N–H and O–H groups in total. The van der Waals surface area contributed by atoms with E-state index in [4.69, 9.17) is 17.2 Å². The number of benzene rings is 2. The smallest absolute Gasteiger partial charge is 0.0457 e. The predicted octanol–water partition coefficient (Wildman–Crippen LogP) is 2.89. The first-order valence-corrected chi connectivity index (χ1v) is 6.07. The molecule has 0 aliphatic rings. The lowest BCUT2D eigenvalue weighted by molar-refractivity contribution is 1.36. The SMILES string of the molecule is Cc1ccc(Sc2cc(N)ccc2N)cc1N. The predicted molar refractivity (Wildman–Crippen MR) is 75.0 cm³/mol. The minimum Gasteiger partial charge on any atom is -0.399 e. The maximum atomic E-state index is 5.90. The second-order valence-electron chi connectivity index (χ2n) is 3.92. The first-order chi connectivity index (χ1) is 8.06. The minimum atomic E-state index is 0.710. The molecule has 0 amide bonds. The zero-order valence-electron chi connectivity index (χ0n) is 9.60. The number of anilines is 3. The number of hydrogen-bond donors (Lipinski definition) is 3. The van der Waals surface area contributed by atoms with Gasteiger partial charge < -0.3 is 17.2 Å². The highest BCUT2D eigenvalue weighted by Gasteiger charge is 2.04. The molecule has 3 nitrogen and oxygen atoms in total. The Morgan fingerprint density at radius 2 is 1.65 bits per heavy atom. The van der Waals surface area contributed by atoms with Gasteiger partial charge in [0.25, 0.3) is 0 Å². The quantitative estimate of drug-likeness (QED) is 0.711. The molecule has 0 spiro atoms. The molecule has 0 aromatic heterocycles. The van der Waals surface area contributed by atoms with Gasteiger partial charge in [-0.3, -0.25) is 0 Å². The van der Waals surface area contributed by atoms with Gasteiger partial charge in [0.15, 0.2) is 0 Å². The molecule has 88 valence electrons. The zero-order valence-corrected chi connectivity index (χ0v) is 10.4. The van der Waals surface area contributed by atoms with Crippen molar-refractivity contribution < 1.29 is 0 Å². The van der Waals surface area contributed by atoms with E-state index in [9.17, 15) is 0 Å². The summed E-state index contributed by atoms with van der Waals surface area (Å²) < 4.78 is 0. The maximum Gasteiger partial charge on any atom is 0.0457 e. The summed E-state index contributed by atoms with van der Waals surface area (Å²) >= 11 is 1.57. The third kappa shape index (κ3) is 2.65. The summed E-state index contributed by atoms with van der Waals surface area (Å²) in [5.41, 5.74) is 20.8. The number of rotatable bonds is 2. The molecule has 2 aromatic carbocycles. The van der Waals surface area contributed by atoms with Crippen molar-refractivity contribution in [1.29, 1.82) is 0 Å². The Bertz CT molecular complexity index is 552. The van der Waals surface area contributed by atoms with Crippen molar-refractivity contribution in [2.24, 2.45) is 0 Å². The average Bonchev–Trinajstić information content (AvgIpc) is 2.29. The van der Waals surface area contributed by atoms with Crippen LogP contribution in [-0.4, -0.2) is 0 Å². The van der Waals surface area contributed by atoms with Gasteiger partial charge in [-0.05, 0) is 42.8 Å². The summed E-state index contributed by atoms with van der Waals surface area (Å²) in [6.07, 6.45) is 0. The third-order valence-electron chi connectivity index (χ3n) is 2.52. The van der Waals surface area contributed by atoms with Crippen LogP contribution in [0.25, 0.3) is 0 Å². The van der Waals surface area contributed by atoms with Crippen LogP contribution in [-0.2, 0) is 0 Å². The van der Waals surface area contributed by atoms with Gasteiger partial charge in [0.05, 0.1) is 0 Å². The van der Waals surface area contributed by atoms with Gasteiger partial charge in [0, 0.05) is 26.9 Å². The molecular formula is C13H15N3S. The van der Waals surface area contributed by atoms with E-state index < -0.39 is 0 Å². The number of nitrogen functional groups attached to an aromatic ring is 3. The second-order valence-corrected chi connectivity index (χ2v) is 5.03. The molecule has 0 bridgehead atoms. The highest BCUT2D eigenvalue weighted by atomic mass is 32.2. The summed E-state index contributed by atoms with van der Waals surface area (Å²) in [5.74, 6) is 0. The number of nitrogens with two attached hydrogens (primary N) is 3. The fourth-order valence-corrected chi connectivity index (χ4v) is 2.41. The van der Waals surface area contributed by atoms with Gasteiger partial charge in [-0.15, -0.1) is 0 Å². The summed E-state index contributed by atoms with van der Waals surface area (Å²) in [6, 6.07) is 11.5. The van der Waals surface area contributed by atoms with E-state index in [1.54, 1.807) is 17.8 Å². The fourth-order valence-electron chi connectivity index (χ4n) is 1.45. The van der Waals surface area contributed by atoms with E-state index in [1.807, 2.05) is 37.3 Å². The molecule has 0 aliphatic carbocycles. The first-order valence-electron chi connectivity index (χ1n) is 5.25. The van der Waals surface area contributed by atoms with Crippen LogP contribution in [0.3, 0.4) is 0 Å². The molecule has 2 rings (SSSR count). The summed E-state index contributed by atoms with van der Waals surface area (Å²) in [7, 11) is 0. The van der Waals surface area contributed by atoms with Crippen molar-refractivity contribution in [1.82, 2.24) is 0 Å². The largest absolute Gasteiger partial charge is 0.399 e. The molecule has 0 atom stereocenters. The third-order valence-corrected chi connectivity index (χ3v) is 3.58. The lowest BCUT2D eigenvalue weighted by atomic mass is 10.2. The highest BCUT2D eigenvalue weighted by Crippen LogP contribution is 2.34. The van der Waals surface area contributed by atoms with Gasteiger partial charge in [-0.25, -0.2) is 0 Å². The molecule has 17 heavy (non-hydrogen) atoms. The van der Waals surface area contributed by atoms with E-state index in [-0.39, 0.29) is 0 Å². The topological polar surface area (TPSA) is 78.1 Å². The van der Waals surface area contributed by atoms with E-state index in [2.05, 4.69) is 0 Å². The summed E-state index contributed by atoms with van der Waals surface area (Å²) in [6.45, 7) is 1.98. The fraction of sp³-hybridized carbons (Fsp3) is 0.0769. The number of aryl methyl sites for hydroxylation is 1. The molecule has 0 saturated carbocycles. The van der Waals surface area contributed by atoms with Crippen molar-refractivity contribution in [3.8, 4) is 0 Å². The van der Waals surface area contributed by atoms with Gasteiger partial charge >= 0.3 is 0 Å². The van der Waals surface area contributed by atoms with Crippen LogP contribution in [0.1, 0.15) is 5.56 Å². The Kier molecular flexibility index (Phi) is 3.15. The minimum absolute atomic E-state index is 0.710. The van der Waals surface area contributed by atoms with Crippen molar-refractivity contribution in [3.63, 3.8) is 0 Å². The lowest BCUT2D eigenvalue weighted by Crippen LogP contribution is -1.92. The van der Waals surface area contributed by atoms with E-state index in [0.717, 1.165) is 26.7 Å². The Morgan fingerprint density at radius 1 is 0.882 bits per heavy atom. The average molecular weight is 245 g/mol. The summed E-state index contributed by atoms with van der Waals surface area (Å²) in [4.78, 5) is 2.01. The first kappa shape index (κ1) is 11.7. The van der Waals surface area contributed by atoms with Gasteiger partial charge in [-0.2, -0.15) is 0 Å².